The lowest BCUT2D eigenvalue weighted by atomic mass is 10.2. The molecule has 0 saturated carbocycles. The van der Waals surface area contributed by atoms with E-state index < -0.39 is 34.8 Å². The molecular formula is C5H9NO8S. The smallest absolute Gasteiger partial charge is 0.413 e. The molecule has 0 aromatic heterocycles. The van der Waals surface area contributed by atoms with E-state index >= 15 is 0 Å². The number of nitrogens with one attached hydrogen (secondary N) is 1. The third-order valence-corrected chi connectivity index (χ3v) is 1.55. The molecular weight excluding hydrogens is 234 g/mol. The predicted molar refractivity (Wildman–Crippen MR) is 44.1 cm³/mol. The molecule has 0 heterocycles. The van der Waals surface area contributed by atoms with Crippen molar-refractivity contribution in [3.8, 4) is 0 Å². The van der Waals surface area contributed by atoms with E-state index in [2.05, 4.69) is 4.28 Å². The Morgan fingerprint density at radius 2 is 1.87 bits per heavy atom. The number of rotatable bonds is 7. The molecule has 0 unspecified atom stereocenters. The van der Waals surface area contributed by atoms with E-state index in [-0.39, 0.29) is 6.42 Å². The maximum Gasteiger partial charge on any atom is 0.413 e. The fourth-order valence-corrected chi connectivity index (χ4v) is 0.857. The number of aliphatic carboxylic acids is 2. The molecule has 0 aliphatic carbocycles. The zero-order valence-corrected chi connectivity index (χ0v) is 8.10. The molecule has 1 atom stereocenters. The van der Waals surface area contributed by atoms with Gasteiger partial charge in [0.2, 0.25) is 0 Å². The Labute approximate surface area is 84.6 Å². The van der Waals surface area contributed by atoms with E-state index in [1.807, 2.05) is 0 Å². The molecule has 0 aromatic rings. The first kappa shape index (κ1) is 13.8. The van der Waals surface area contributed by atoms with Crippen molar-refractivity contribution in [3.63, 3.8) is 0 Å². The molecule has 4 N–H and O–H groups in total. The van der Waals surface area contributed by atoms with Crippen molar-refractivity contribution in [1.82, 2.24) is 5.48 Å². The fourth-order valence-electron chi connectivity index (χ4n) is 0.619. The van der Waals surface area contributed by atoms with Crippen molar-refractivity contribution >= 4 is 22.3 Å². The lowest BCUT2D eigenvalue weighted by Crippen LogP contribution is -2.38. The third-order valence-electron chi connectivity index (χ3n) is 1.24. The van der Waals surface area contributed by atoms with Crippen LogP contribution in [0.1, 0.15) is 12.8 Å². The van der Waals surface area contributed by atoms with Crippen molar-refractivity contribution in [2.75, 3.05) is 0 Å². The van der Waals surface area contributed by atoms with Crippen molar-refractivity contribution in [2.45, 2.75) is 18.9 Å². The van der Waals surface area contributed by atoms with Crippen molar-refractivity contribution in [2.24, 2.45) is 0 Å². The van der Waals surface area contributed by atoms with Gasteiger partial charge >= 0.3 is 22.3 Å². The highest BCUT2D eigenvalue weighted by Gasteiger charge is 2.20. The SMILES string of the molecule is O=C(O)CC[C@H](NOS(=O)(=O)O)C(=O)O. The summed E-state index contributed by atoms with van der Waals surface area (Å²) in [4.78, 5) is 20.5. The van der Waals surface area contributed by atoms with Gasteiger partial charge in [0.1, 0.15) is 6.04 Å². The summed E-state index contributed by atoms with van der Waals surface area (Å²) >= 11 is 0. The van der Waals surface area contributed by atoms with E-state index in [0.717, 1.165) is 0 Å². The summed E-state index contributed by atoms with van der Waals surface area (Å²) in [6.07, 6.45) is -0.876. The molecule has 10 heteroatoms. The number of carboxylic acid groups (broad SMARTS) is 2. The van der Waals surface area contributed by atoms with Gasteiger partial charge in [-0.2, -0.15) is 18.2 Å². The maximum absolute atomic E-state index is 10.4. The Morgan fingerprint density at radius 3 is 2.20 bits per heavy atom. The Bertz CT molecular complexity index is 335. The minimum Gasteiger partial charge on any atom is -0.481 e. The molecule has 9 nitrogen and oxygen atoms in total. The second-order valence-corrected chi connectivity index (χ2v) is 3.47. The van der Waals surface area contributed by atoms with Gasteiger partial charge in [0, 0.05) is 6.42 Å². The molecule has 0 radical (unpaired) electrons. The minimum atomic E-state index is -4.81. The van der Waals surface area contributed by atoms with Crippen LogP contribution in [0.25, 0.3) is 0 Å². The zero-order valence-electron chi connectivity index (χ0n) is 7.28. The van der Waals surface area contributed by atoms with Gasteiger partial charge in [-0.15, -0.1) is 0 Å². The summed E-state index contributed by atoms with van der Waals surface area (Å²) in [6, 6.07) is -1.54. The Hall–Kier alpha value is -1.23. The van der Waals surface area contributed by atoms with Gasteiger partial charge in [-0.25, -0.2) is 0 Å². The van der Waals surface area contributed by atoms with Crippen LogP contribution in [0.5, 0.6) is 0 Å². The molecule has 0 rings (SSSR count). The first-order valence-electron chi connectivity index (χ1n) is 3.58. The number of hydroxylamine groups is 1. The Balaban J connectivity index is 4.17. The molecule has 0 aromatic carbocycles. The summed E-state index contributed by atoms with van der Waals surface area (Å²) in [5.41, 5.74) is 1.51. The van der Waals surface area contributed by atoms with Crippen molar-refractivity contribution in [1.29, 1.82) is 0 Å². The van der Waals surface area contributed by atoms with E-state index in [0.29, 0.717) is 0 Å². The second-order valence-electron chi connectivity index (χ2n) is 2.45. The van der Waals surface area contributed by atoms with Crippen LogP contribution in [0.3, 0.4) is 0 Å². The number of carboxylic acids is 2. The van der Waals surface area contributed by atoms with Crippen molar-refractivity contribution < 1.29 is 37.1 Å². The largest absolute Gasteiger partial charge is 0.481 e. The van der Waals surface area contributed by atoms with E-state index in [1.54, 1.807) is 0 Å². The molecule has 0 spiro atoms. The van der Waals surface area contributed by atoms with Crippen LogP contribution in [0.4, 0.5) is 0 Å². The van der Waals surface area contributed by atoms with Crippen LogP contribution in [-0.2, 0) is 24.3 Å². The van der Waals surface area contributed by atoms with Crippen LogP contribution < -0.4 is 5.48 Å². The van der Waals surface area contributed by atoms with Crippen LogP contribution >= 0.6 is 0 Å². The quantitative estimate of drug-likeness (QED) is 0.313. The highest BCUT2D eigenvalue weighted by atomic mass is 32.3. The Kier molecular flexibility index (Phi) is 5.14. The van der Waals surface area contributed by atoms with Gasteiger partial charge in [0.15, 0.2) is 0 Å². The monoisotopic (exact) mass is 243 g/mol. The summed E-state index contributed by atoms with van der Waals surface area (Å²) in [6.45, 7) is 0. The Morgan fingerprint density at radius 1 is 1.33 bits per heavy atom. The van der Waals surface area contributed by atoms with E-state index in [9.17, 15) is 18.0 Å². The maximum atomic E-state index is 10.4. The van der Waals surface area contributed by atoms with E-state index in [1.165, 1.54) is 5.48 Å². The summed E-state index contributed by atoms with van der Waals surface area (Å²) in [7, 11) is -4.81. The van der Waals surface area contributed by atoms with E-state index in [4.69, 9.17) is 14.8 Å². The van der Waals surface area contributed by atoms with Gasteiger partial charge in [-0.1, -0.05) is 0 Å². The topological polar surface area (TPSA) is 150 Å². The number of hydrogen-bond donors (Lipinski definition) is 4. The minimum absolute atomic E-state index is 0.389. The molecule has 15 heavy (non-hydrogen) atoms. The van der Waals surface area contributed by atoms with Gasteiger partial charge in [-0.05, 0) is 6.42 Å². The van der Waals surface area contributed by atoms with Gasteiger partial charge in [0.25, 0.3) is 0 Å². The standard InChI is InChI=1S/C5H9NO8S/c7-4(8)2-1-3(5(9)10)6-14-15(11,12)13/h3,6H,1-2H2,(H,7,8)(H,9,10)(H,11,12,13)/t3-/m0/s1. The van der Waals surface area contributed by atoms with Gasteiger partial charge in [-0.3, -0.25) is 14.1 Å². The van der Waals surface area contributed by atoms with Crippen LogP contribution in [0.2, 0.25) is 0 Å². The van der Waals surface area contributed by atoms with Gasteiger partial charge in [0.05, 0.1) is 0 Å². The third kappa shape index (κ3) is 7.81. The average molecular weight is 243 g/mol. The molecule has 0 fully saturated rings. The highest BCUT2D eigenvalue weighted by molar-refractivity contribution is 7.80. The first-order chi connectivity index (χ1) is 6.72. The molecule has 0 bridgehead atoms. The number of carbonyl (C=O) groups is 2. The highest BCUT2D eigenvalue weighted by Crippen LogP contribution is 1.99. The fraction of sp³-hybridized carbons (Fsp3) is 0.600. The molecule has 0 aliphatic heterocycles. The average Bonchev–Trinajstić information content (AvgIpc) is 2.00. The summed E-state index contributed by atoms with van der Waals surface area (Å²) < 4.78 is 31.8. The van der Waals surface area contributed by atoms with Crippen molar-refractivity contribution in [3.05, 3.63) is 0 Å². The molecule has 0 amide bonds. The molecule has 0 saturated heterocycles. The number of hydrogen-bond acceptors (Lipinski definition) is 6. The lowest BCUT2D eigenvalue weighted by molar-refractivity contribution is -0.142. The predicted octanol–water partition coefficient (Wildman–Crippen LogP) is -1.37. The zero-order chi connectivity index (χ0) is 12.1. The molecule has 0 aliphatic rings. The van der Waals surface area contributed by atoms with Crippen LogP contribution in [-0.4, -0.2) is 41.2 Å². The first-order valence-corrected chi connectivity index (χ1v) is 4.95. The van der Waals surface area contributed by atoms with Crippen LogP contribution in [0.15, 0.2) is 0 Å². The normalized spacial score (nSPS) is 13.4. The molecule has 88 valence electrons. The summed E-state index contributed by atoms with van der Waals surface area (Å²) in [5, 5.41) is 16.7. The van der Waals surface area contributed by atoms with Crippen LogP contribution in [0, 0.1) is 0 Å². The summed E-state index contributed by atoms with van der Waals surface area (Å²) in [5.74, 6) is -2.74. The lowest BCUT2D eigenvalue weighted by Gasteiger charge is -2.10. The second kappa shape index (κ2) is 5.60. The van der Waals surface area contributed by atoms with Gasteiger partial charge < -0.3 is 10.2 Å².